The summed E-state index contributed by atoms with van der Waals surface area (Å²) in [6.45, 7) is 5.40. The number of halogens is 1. The van der Waals surface area contributed by atoms with Gasteiger partial charge in [0.15, 0.2) is 0 Å². The molecule has 1 nitrogen and oxygen atoms in total. The summed E-state index contributed by atoms with van der Waals surface area (Å²) in [5.74, 6) is 0. The van der Waals surface area contributed by atoms with Crippen molar-refractivity contribution >= 4 is 27.3 Å². The van der Waals surface area contributed by atoms with Gasteiger partial charge in [0, 0.05) is 20.3 Å². The maximum atomic E-state index is 3.53. The van der Waals surface area contributed by atoms with Crippen molar-refractivity contribution in [3.05, 3.63) is 45.7 Å². The van der Waals surface area contributed by atoms with Gasteiger partial charge in [-0.3, -0.25) is 0 Å². The molecule has 0 aliphatic rings. The Morgan fingerprint density at radius 3 is 2.72 bits per heavy atom. The molecule has 0 saturated carbocycles. The number of rotatable bonds is 5. The zero-order chi connectivity index (χ0) is 13.0. The molecule has 96 valence electrons. The Morgan fingerprint density at radius 1 is 1.22 bits per heavy atom. The lowest BCUT2D eigenvalue weighted by Crippen LogP contribution is -2.18. The van der Waals surface area contributed by atoms with Crippen molar-refractivity contribution in [1.82, 2.24) is 5.32 Å². The molecule has 1 heterocycles. The highest BCUT2D eigenvalue weighted by atomic mass is 79.9. The van der Waals surface area contributed by atoms with E-state index in [2.05, 4.69) is 71.5 Å². The Kier molecular flexibility index (Phi) is 4.98. The highest BCUT2D eigenvalue weighted by Gasteiger charge is 2.11. The van der Waals surface area contributed by atoms with Gasteiger partial charge in [-0.05, 0) is 42.8 Å². The molecule has 0 fully saturated rings. The fraction of sp³-hybridized carbons (Fsp3) is 0.333. The SMILES string of the molecule is CCNC(CC)c1ccc(-c2cccc(Br)c2)s1. The summed E-state index contributed by atoms with van der Waals surface area (Å²) in [4.78, 5) is 2.76. The van der Waals surface area contributed by atoms with Crippen molar-refractivity contribution in [3.8, 4) is 10.4 Å². The third-order valence-electron chi connectivity index (χ3n) is 2.94. The molecule has 2 aromatic rings. The van der Waals surface area contributed by atoms with Gasteiger partial charge in [-0.15, -0.1) is 11.3 Å². The fourth-order valence-corrected chi connectivity index (χ4v) is 3.59. The average molecular weight is 324 g/mol. The van der Waals surface area contributed by atoms with Crippen LogP contribution in [0.25, 0.3) is 10.4 Å². The minimum Gasteiger partial charge on any atom is -0.310 e. The van der Waals surface area contributed by atoms with Crippen molar-refractivity contribution in [2.75, 3.05) is 6.54 Å². The zero-order valence-electron chi connectivity index (χ0n) is 10.7. The van der Waals surface area contributed by atoms with Crippen molar-refractivity contribution < 1.29 is 0 Å². The molecule has 0 radical (unpaired) electrons. The van der Waals surface area contributed by atoms with E-state index in [0.29, 0.717) is 6.04 Å². The zero-order valence-corrected chi connectivity index (χ0v) is 13.1. The van der Waals surface area contributed by atoms with Gasteiger partial charge in [0.2, 0.25) is 0 Å². The van der Waals surface area contributed by atoms with E-state index in [1.165, 1.54) is 15.3 Å². The summed E-state index contributed by atoms with van der Waals surface area (Å²) in [5.41, 5.74) is 1.28. The van der Waals surface area contributed by atoms with Crippen LogP contribution < -0.4 is 5.32 Å². The predicted molar refractivity (Wildman–Crippen MR) is 84.2 cm³/mol. The number of hydrogen-bond acceptors (Lipinski definition) is 2. The van der Waals surface area contributed by atoms with Gasteiger partial charge in [-0.25, -0.2) is 0 Å². The first kappa shape index (κ1) is 13.8. The van der Waals surface area contributed by atoms with Crippen molar-refractivity contribution in [2.24, 2.45) is 0 Å². The number of thiophene rings is 1. The average Bonchev–Trinajstić information content (AvgIpc) is 2.85. The highest BCUT2D eigenvalue weighted by Crippen LogP contribution is 2.33. The molecule has 0 saturated heterocycles. The molecule has 0 bridgehead atoms. The first-order valence-corrected chi connectivity index (χ1v) is 7.94. The number of nitrogens with one attached hydrogen (secondary N) is 1. The molecule has 1 aromatic carbocycles. The molecule has 1 atom stereocenters. The van der Waals surface area contributed by atoms with Crippen molar-refractivity contribution in [3.63, 3.8) is 0 Å². The van der Waals surface area contributed by atoms with Crippen molar-refractivity contribution in [2.45, 2.75) is 26.3 Å². The minimum absolute atomic E-state index is 0.487. The Balaban J connectivity index is 2.24. The maximum absolute atomic E-state index is 3.53. The monoisotopic (exact) mass is 323 g/mol. The van der Waals surface area contributed by atoms with Crippen LogP contribution in [-0.2, 0) is 0 Å². The van der Waals surface area contributed by atoms with E-state index in [4.69, 9.17) is 0 Å². The largest absolute Gasteiger partial charge is 0.310 e. The Morgan fingerprint density at radius 2 is 2.06 bits per heavy atom. The molecule has 18 heavy (non-hydrogen) atoms. The second-order valence-electron chi connectivity index (χ2n) is 4.23. The van der Waals surface area contributed by atoms with E-state index in [-0.39, 0.29) is 0 Å². The summed E-state index contributed by atoms with van der Waals surface area (Å²) in [6.07, 6.45) is 1.13. The predicted octanol–water partition coefficient (Wildman–Crippen LogP) is 5.24. The molecule has 1 unspecified atom stereocenters. The number of hydrogen-bond donors (Lipinski definition) is 1. The van der Waals surface area contributed by atoms with E-state index in [1.807, 2.05) is 11.3 Å². The normalized spacial score (nSPS) is 12.6. The molecular weight excluding hydrogens is 306 g/mol. The molecule has 1 N–H and O–H groups in total. The van der Waals surface area contributed by atoms with Crippen molar-refractivity contribution in [1.29, 1.82) is 0 Å². The van der Waals surface area contributed by atoms with Crippen LogP contribution in [0.4, 0.5) is 0 Å². The van der Waals surface area contributed by atoms with Crippen LogP contribution in [0.2, 0.25) is 0 Å². The summed E-state index contributed by atoms with van der Waals surface area (Å²) < 4.78 is 1.13. The summed E-state index contributed by atoms with van der Waals surface area (Å²) >= 11 is 5.41. The summed E-state index contributed by atoms with van der Waals surface area (Å²) in [5, 5.41) is 3.53. The lowest BCUT2D eigenvalue weighted by molar-refractivity contribution is 0.545. The second-order valence-corrected chi connectivity index (χ2v) is 6.26. The lowest BCUT2D eigenvalue weighted by atomic mass is 10.1. The second kappa shape index (κ2) is 6.50. The summed E-state index contributed by atoms with van der Waals surface area (Å²) in [7, 11) is 0. The molecule has 1 aromatic heterocycles. The quantitative estimate of drug-likeness (QED) is 0.793. The van der Waals surface area contributed by atoms with Gasteiger partial charge < -0.3 is 5.32 Å². The van der Waals surface area contributed by atoms with Gasteiger partial charge in [-0.1, -0.05) is 41.9 Å². The van der Waals surface area contributed by atoms with E-state index in [1.54, 1.807) is 0 Å². The Labute approximate surface area is 121 Å². The maximum Gasteiger partial charge on any atom is 0.0412 e. The molecule has 0 spiro atoms. The third kappa shape index (κ3) is 3.22. The molecule has 2 rings (SSSR count). The van der Waals surface area contributed by atoms with Crippen LogP contribution in [0.5, 0.6) is 0 Å². The molecule has 3 heteroatoms. The topological polar surface area (TPSA) is 12.0 Å². The third-order valence-corrected chi connectivity index (χ3v) is 4.68. The minimum atomic E-state index is 0.487. The van der Waals surface area contributed by atoms with E-state index < -0.39 is 0 Å². The first-order valence-electron chi connectivity index (χ1n) is 6.33. The van der Waals surface area contributed by atoms with Crippen LogP contribution in [0.1, 0.15) is 31.2 Å². The number of benzene rings is 1. The van der Waals surface area contributed by atoms with Gasteiger partial charge in [0.25, 0.3) is 0 Å². The van der Waals surface area contributed by atoms with Crippen LogP contribution in [0.3, 0.4) is 0 Å². The molecule has 0 aliphatic carbocycles. The van der Waals surface area contributed by atoms with Crippen LogP contribution in [0, 0.1) is 0 Å². The first-order chi connectivity index (χ1) is 8.74. The lowest BCUT2D eigenvalue weighted by Gasteiger charge is -2.13. The highest BCUT2D eigenvalue weighted by molar-refractivity contribution is 9.10. The smallest absolute Gasteiger partial charge is 0.0412 e. The Hall–Kier alpha value is -0.640. The molecule has 0 aliphatic heterocycles. The van der Waals surface area contributed by atoms with Crippen LogP contribution in [-0.4, -0.2) is 6.54 Å². The molecular formula is C15H18BrNS. The van der Waals surface area contributed by atoms with E-state index in [9.17, 15) is 0 Å². The van der Waals surface area contributed by atoms with Gasteiger partial charge in [0.1, 0.15) is 0 Å². The summed E-state index contributed by atoms with van der Waals surface area (Å²) in [6, 6.07) is 13.4. The van der Waals surface area contributed by atoms with Gasteiger partial charge >= 0.3 is 0 Å². The van der Waals surface area contributed by atoms with Crippen LogP contribution >= 0.6 is 27.3 Å². The fourth-order valence-electron chi connectivity index (χ4n) is 2.03. The van der Waals surface area contributed by atoms with Gasteiger partial charge in [-0.2, -0.15) is 0 Å². The molecule has 0 amide bonds. The standard InChI is InChI=1S/C15H18BrNS/c1-3-13(17-4-2)15-9-8-14(18-15)11-6-5-7-12(16)10-11/h5-10,13,17H,3-4H2,1-2H3. The Bertz CT molecular complexity index is 507. The van der Waals surface area contributed by atoms with E-state index in [0.717, 1.165) is 17.4 Å². The van der Waals surface area contributed by atoms with E-state index >= 15 is 0 Å². The van der Waals surface area contributed by atoms with Gasteiger partial charge in [0.05, 0.1) is 0 Å². The van der Waals surface area contributed by atoms with Crippen LogP contribution in [0.15, 0.2) is 40.9 Å².